The molecule has 3 N–H and O–H groups in total. The molecule has 19 heavy (non-hydrogen) atoms. The van der Waals surface area contributed by atoms with Gasteiger partial charge in [-0.2, -0.15) is 0 Å². The number of methoxy groups -OCH3 is 1. The van der Waals surface area contributed by atoms with Gasteiger partial charge in [-0.25, -0.2) is 0 Å². The van der Waals surface area contributed by atoms with Gasteiger partial charge >= 0.3 is 0 Å². The largest absolute Gasteiger partial charge is 0.497 e. The van der Waals surface area contributed by atoms with Crippen LogP contribution in [-0.4, -0.2) is 13.7 Å². The Morgan fingerprint density at radius 1 is 1.26 bits per heavy atom. The van der Waals surface area contributed by atoms with Crippen LogP contribution >= 0.6 is 0 Å². The zero-order chi connectivity index (χ0) is 13.2. The third kappa shape index (κ3) is 2.17. The molecular formula is C15H16N2O2. The predicted molar refractivity (Wildman–Crippen MR) is 75.7 cm³/mol. The lowest BCUT2D eigenvalue weighted by molar-refractivity contribution is 0.340. The van der Waals surface area contributed by atoms with Crippen molar-refractivity contribution in [2.45, 2.75) is 6.04 Å². The van der Waals surface area contributed by atoms with E-state index in [4.69, 9.17) is 15.2 Å². The molecule has 0 saturated carbocycles. The van der Waals surface area contributed by atoms with Crippen molar-refractivity contribution in [1.82, 2.24) is 0 Å². The van der Waals surface area contributed by atoms with Crippen LogP contribution < -0.4 is 20.5 Å². The van der Waals surface area contributed by atoms with E-state index < -0.39 is 0 Å². The lowest BCUT2D eigenvalue weighted by Gasteiger charge is -2.16. The topological polar surface area (TPSA) is 56.5 Å². The molecule has 1 aliphatic rings. The van der Waals surface area contributed by atoms with Crippen molar-refractivity contribution in [2.24, 2.45) is 0 Å². The number of nitrogens with two attached hydrogens (primary N) is 1. The van der Waals surface area contributed by atoms with Gasteiger partial charge < -0.3 is 20.5 Å². The summed E-state index contributed by atoms with van der Waals surface area (Å²) in [5, 5.41) is 3.41. The number of anilines is 2. The normalized spacial score (nSPS) is 16.6. The van der Waals surface area contributed by atoms with E-state index in [9.17, 15) is 0 Å². The van der Waals surface area contributed by atoms with Gasteiger partial charge in [0.25, 0.3) is 0 Å². The Balaban J connectivity index is 1.87. The number of benzene rings is 2. The first kappa shape index (κ1) is 11.7. The second-order valence-electron chi connectivity index (χ2n) is 4.50. The minimum absolute atomic E-state index is 0.116. The molecule has 4 heteroatoms. The lowest BCUT2D eigenvalue weighted by Crippen LogP contribution is -2.13. The second-order valence-corrected chi connectivity index (χ2v) is 4.50. The summed E-state index contributed by atoms with van der Waals surface area (Å²) >= 11 is 0. The first-order valence-electron chi connectivity index (χ1n) is 6.19. The molecule has 1 unspecified atom stereocenters. The zero-order valence-electron chi connectivity index (χ0n) is 10.7. The van der Waals surface area contributed by atoms with Crippen LogP contribution in [0.4, 0.5) is 11.4 Å². The maximum absolute atomic E-state index is 5.98. The molecule has 0 aliphatic carbocycles. The standard InChI is InChI=1S/C15H16N2O2/c1-18-10-6-7-12(16)13(8-10)17-14-9-19-15-5-3-2-4-11(14)15/h2-8,14,17H,9,16H2,1H3. The summed E-state index contributed by atoms with van der Waals surface area (Å²) in [6.45, 7) is 0.607. The van der Waals surface area contributed by atoms with E-state index in [0.29, 0.717) is 12.3 Å². The number of hydrogen-bond acceptors (Lipinski definition) is 4. The van der Waals surface area contributed by atoms with Crippen molar-refractivity contribution in [3.8, 4) is 11.5 Å². The Morgan fingerprint density at radius 3 is 2.95 bits per heavy atom. The Morgan fingerprint density at radius 2 is 2.11 bits per heavy atom. The number of nitrogens with one attached hydrogen (secondary N) is 1. The second kappa shape index (κ2) is 4.72. The molecule has 2 aromatic carbocycles. The molecule has 1 atom stereocenters. The third-order valence-electron chi connectivity index (χ3n) is 3.29. The fourth-order valence-electron chi connectivity index (χ4n) is 2.26. The molecule has 0 radical (unpaired) electrons. The van der Waals surface area contributed by atoms with Crippen molar-refractivity contribution in [3.63, 3.8) is 0 Å². The van der Waals surface area contributed by atoms with Crippen LogP contribution in [0.5, 0.6) is 11.5 Å². The van der Waals surface area contributed by atoms with E-state index >= 15 is 0 Å². The summed E-state index contributed by atoms with van der Waals surface area (Å²) in [6.07, 6.45) is 0. The Labute approximate surface area is 112 Å². The summed E-state index contributed by atoms with van der Waals surface area (Å²) in [7, 11) is 1.64. The summed E-state index contributed by atoms with van der Waals surface area (Å²) < 4.78 is 10.9. The van der Waals surface area contributed by atoms with Crippen molar-refractivity contribution in [3.05, 3.63) is 48.0 Å². The van der Waals surface area contributed by atoms with Crippen LogP contribution in [0.3, 0.4) is 0 Å². The first-order chi connectivity index (χ1) is 9.28. The minimum atomic E-state index is 0.116. The van der Waals surface area contributed by atoms with Crippen LogP contribution in [0.2, 0.25) is 0 Å². The molecule has 1 heterocycles. The molecule has 4 nitrogen and oxygen atoms in total. The van der Waals surface area contributed by atoms with Gasteiger partial charge in [0.15, 0.2) is 0 Å². The average Bonchev–Trinajstić information content (AvgIpc) is 2.85. The van der Waals surface area contributed by atoms with Crippen LogP contribution in [0.25, 0.3) is 0 Å². The van der Waals surface area contributed by atoms with Crippen molar-refractivity contribution >= 4 is 11.4 Å². The monoisotopic (exact) mass is 256 g/mol. The molecule has 1 aliphatic heterocycles. The third-order valence-corrected chi connectivity index (χ3v) is 3.29. The maximum atomic E-state index is 5.98. The zero-order valence-corrected chi connectivity index (χ0v) is 10.7. The average molecular weight is 256 g/mol. The molecule has 0 saturated heterocycles. The van der Waals surface area contributed by atoms with Gasteiger partial charge in [0, 0.05) is 11.6 Å². The molecule has 3 rings (SSSR count). The van der Waals surface area contributed by atoms with Crippen molar-refractivity contribution < 1.29 is 9.47 Å². The van der Waals surface area contributed by atoms with Crippen LogP contribution in [0.1, 0.15) is 11.6 Å². The number of fused-ring (bicyclic) bond motifs is 1. The number of nitrogen functional groups attached to an aromatic ring is 1. The van der Waals surface area contributed by atoms with Gasteiger partial charge in [-0.1, -0.05) is 18.2 Å². The molecule has 0 amide bonds. The number of para-hydroxylation sites is 1. The molecule has 98 valence electrons. The molecule has 2 aromatic rings. The van der Waals surface area contributed by atoms with E-state index in [0.717, 1.165) is 22.7 Å². The fraction of sp³-hybridized carbons (Fsp3) is 0.200. The van der Waals surface area contributed by atoms with Gasteiger partial charge in [0.1, 0.15) is 18.1 Å². The van der Waals surface area contributed by atoms with Crippen LogP contribution in [0, 0.1) is 0 Å². The molecule has 0 spiro atoms. The lowest BCUT2D eigenvalue weighted by atomic mass is 10.1. The van der Waals surface area contributed by atoms with Gasteiger partial charge in [-0.15, -0.1) is 0 Å². The minimum Gasteiger partial charge on any atom is -0.497 e. The SMILES string of the molecule is COc1ccc(N)c(NC2COc3ccccc32)c1. The van der Waals surface area contributed by atoms with E-state index in [1.165, 1.54) is 0 Å². The number of ether oxygens (including phenoxy) is 2. The van der Waals surface area contributed by atoms with Gasteiger partial charge in [-0.05, 0) is 18.2 Å². The van der Waals surface area contributed by atoms with E-state index in [1.54, 1.807) is 7.11 Å². The summed E-state index contributed by atoms with van der Waals surface area (Å²) in [6, 6.07) is 13.7. The summed E-state index contributed by atoms with van der Waals surface area (Å²) in [4.78, 5) is 0. The molecular weight excluding hydrogens is 240 g/mol. The maximum Gasteiger partial charge on any atom is 0.124 e. The van der Waals surface area contributed by atoms with E-state index in [-0.39, 0.29) is 6.04 Å². The number of hydrogen-bond donors (Lipinski definition) is 2. The Bertz CT molecular complexity index is 598. The first-order valence-corrected chi connectivity index (χ1v) is 6.19. The van der Waals surface area contributed by atoms with E-state index in [2.05, 4.69) is 11.4 Å². The molecule has 0 bridgehead atoms. The van der Waals surface area contributed by atoms with Crippen LogP contribution in [-0.2, 0) is 0 Å². The highest BCUT2D eigenvalue weighted by atomic mass is 16.5. The summed E-state index contributed by atoms with van der Waals surface area (Å²) in [5.74, 6) is 1.71. The summed E-state index contributed by atoms with van der Waals surface area (Å²) in [5.41, 5.74) is 8.71. The highest BCUT2D eigenvalue weighted by Crippen LogP contribution is 2.36. The van der Waals surface area contributed by atoms with Gasteiger partial charge in [0.2, 0.25) is 0 Å². The van der Waals surface area contributed by atoms with Crippen molar-refractivity contribution in [2.75, 3.05) is 24.8 Å². The van der Waals surface area contributed by atoms with Gasteiger partial charge in [-0.3, -0.25) is 0 Å². The fourth-order valence-corrected chi connectivity index (χ4v) is 2.26. The predicted octanol–water partition coefficient (Wildman–Crippen LogP) is 2.82. The van der Waals surface area contributed by atoms with Gasteiger partial charge in [0.05, 0.1) is 24.5 Å². The quantitative estimate of drug-likeness (QED) is 0.829. The highest BCUT2D eigenvalue weighted by molar-refractivity contribution is 5.69. The smallest absolute Gasteiger partial charge is 0.124 e. The Hall–Kier alpha value is -2.36. The molecule has 0 fully saturated rings. The van der Waals surface area contributed by atoms with E-state index in [1.807, 2.05) is 36.4 Å². The van der Waals surface area contributed by atoms with Crippen molar-refractivity contribution in [1.29, 1.82) is 0 Å². The highest BCUT2D eigenvalue weighted by Gasteiger charge is 2.23. The Kier molecular flexibility index (Phi) is 2.91. The number of rotatable bonds is 3. The molecule has 0 aromatic heterocycles. The van der Waals surface area contributed by atoms with Crippen LogP contribution in [0.15, 0.2) is 42.5 Å².